The molecule has 0 fully saturated rings. The number of carbonyl (C=O) groups excluding carboxylic acids is 1. The fourth-order valence-electron chi connectivity index (χ4n) is 3.87. The van der Waals surface area contributed by atoms with Crippen molar-refractivity contribution in [2.75, 3.05) is 12.0 Å². The lowest BCUT2D eigenvalue weighted by atomic mass is 10.1. The van der Waals surface area contributed by atoms with Crippen LogP contribution in [0.2, 0.25) is 0 Å². The first-order chi connectivity index (χ1) is 15.4. The number of halogens is 3. The van der Waals surface area contributed by atoms with Crippen LogP contribution in [-0.2, 0) is 12.7 Å². The SMILES string of the molecule is O=C(Nc1ccc2c(c1)CNCO2)c1cc2ccccc2n1-c1cccc(C(F)(F)F)c1. The van der Waals surface area contributed by atoms with E-state index in [1.807, 2.05) is 18.2 Å². The molecule has 0 saturated carbocycles. The topological polar surface area (TPSA) is 55.3 Å². The number of hydrogen-bond donors (Lipinski definition) is 2. The number of alkyl halides is 3. The van der Waals surface area contributed by atoms with E-state index in [2.05, 4.69) is 10.6 Å². The summed E-state index contributed by atoms with van der Waals surface area (Å²) >= 11 is 0. The van der Waals surface area contributed by atoms with Crippen LogP contribution in [0.3, 0.4) is 0 Å². The number of aromatic nitrogens is 1. The number of nitrogens with zero attached hydrogens (tertiary/aromatic N) is 1. The molecular formula is C24H18F3N3O2. The highest BCUT2D eigenvalue weighted by molar-refractivity contribution is 6.07. The van der Waals surface area contributed by atoms with Crippen LogP contribution in [-0.4, -0.2) is 17.2 Å². The monoisotopic (exact) mass is 437 g/mol. The van der Waals surface area contributed by atoms with Crippen molar-refractivity contribution < 1.29 is 22.7 Å². The minimum absolute atomic E-state index is 0.234. The predicted octanol–water partition coefficient (Wildman–Crippen LogP) is 5.34. The summed E-state index contributed by atoms with van der Waals surface area (Å²) < 4.78 is 47.0. The Labute approximate surface area is 181 Å². The number of anilines is 1. The molecule has 8 heteroatoms. The lowest BCUT2D eigenvalue weighted by molar-refractivity contribution is -0.137. The number of benzene rings is 3. The maximum Gasteiger partial charge on any atom is 0.416 e. The highest BCUT2D eigenvalue weighted by Gasteiger charge is 2.31. The van der Waals surface area contributed by atoms with Gasteiger partial charge in [0.05, 0.1) is 11.1 Å². The standard InChI is InChI=1S/C24H18F3N3O2/c25-24(26,27)17-5-3-6-19(12-17)30-20-7-2-1-4-15(20)11-21(30)23(31)29-18-8-9-22-16(10-18)13-28-14-32-22/h1-12,28H,13-14H2,(H,29,31). The van der Waals surface area contributed by atoms with Crippen LogP contribution in [0.1, 0.15) is 21.6 Å². The Kier molecular flexibility index (Phi) is 4.86. The number of hydrogen-bond acceptors (Lipinski definition) is 3. The van der Waals surface area contributed by atoms with Gasteiger partial charge in [0.1, 0.15) is 18.2 Å². The molecule has 5 nitrogen and oxygen atoms in total. The van der Waals surface area contributed by atoms with Crippen LogP contribution >= 0.6 is 0 Å². The molecule has 1 aliphatic heterocycles. The molecule has 32 heavy (non-hydrogen) atoms. The molecule has 0 atom stereocenters. The normalized spacial score (nSPS) is 13.5. The average Bonchev–Trinajstić information content (AvgIpc) is 3.18. The molecule has 1 aliphatic rings. The Morgan fingerprint density at radius 1 is 1.00 bits per heavy atom. The summed E-state index contributed by atoms with van der Waals surface area (Å²) in [6.07, 6.45) is -4.49. The summed E-state index contributed by atoms with van der Waals surface area (Å²) in [6.45, 7) is 1.04. The maximum atomic E-state index is 13.3. The number of amides is 1. The molecular weight excluding hydrogens is 419 g/mol. The van der Waals surface area contributed by atoms with Gasteiger partial charge in [-0.05, 0) is 48.5 Å². The first-order valence-electron chi connectivity index (χ1n) is 9.96. The molecule has 5 rings (SSSR count). The largest absolute Gasteiger partial charge is 0.478 e. The molecule has 162 valence electrons. The van der Waals surface area contributed by atoms with E-state index >= 15 is 0 Å². The van der Waals surface area contributed by atoms with Crippen LogP contribution in [0.25, 0.3) is 16.6 Å². The number of nitrogens with one attached hydrogen (secondary N) is 2. The molecule has 2 N–H and O–H groups in total. The Morgan fingerprint density at radius 2 is 1.84 bits per heavy atom. The summed E-state index contributed by atoms with van der Waals surface area (Å²) in [4.78, 5) is 13.2. The van der Waals surface area contributed by atoms with Crippen molar-refractivity contribution in [3.63, 3.8) is 0 Å². The van der Waals surface area contributed by atoms with Gasteiger partial charge in [-0.15, -0.1) is 0 Å². The zero-order valence-corrected chi connectivity index (χ0v) is 16.7. The third kappa shape index (κ3) is 3.69. The van der Waals surface area contributed by atoms with E-state index < -0.39 is 17.6 Å². The van der Waals surface area contributed by atoms with Gasteiger partial charge >= 0.3 is 6.18 Å². The molecule has 3 aromatic carbocycles. The number of fused-ring (bicyclic) bond motifs is 2. The zero-order chi connectivity index (χ0) is 22.3. The molecule has 4 aromatic rings. The lowest BCUT2D eigenvalue weighted by Gasteiger charge is -2.19. The minimum atomic E-state index is -4.49. The van der Waals surface area contributed by atoms with Crippen molar-refractivity contribution in [3.05, 3.63) is 89.6 Å². The number of carbonyl (C=O) groups is 1. The number of rotatable bonds is 3. The fourth-order valence-corrected chi connectivity index (χ4v) is 3.87. The summed E-state index contributed by atoms with van der Waals surface area (Å²) in [5.41, 5.74) is 1.84. The lowest BCUT2D eigenvalue weighted by Crippen LogP contribution is -2.25. The Hall–Kier alpha value is -3.78. The van der Waals surface area contributed by atoms with Crippen molar-refractivity contribution in [1.82, 2.24) is 9.88 Å². The molecule has 0 bridgehead atoms. The second kappa shape index (κ2) is 7.72. The summed E-state index contributed by atoms with van der Waals surface area (Å²) in [5.74, 6) is 0.322. The van der Waals surface area contributed by atoms with Gasteiger partial charge in [-0.3, -0.25) is 10.1 Å². The van der Waals surface area contributed by atoms with E-state index in [0.717, 1.165) is 28.8 Å². The quantitative estimate of drug-likeness (QED) is 0.455. The van der Waals surface area contributed by atoms with E-state index in [4.69, 9.17) is 4.74 Å². The van der Waals surface area contributed by atoms with Crippen molar-refractivity contribution >= 4 is 22.5 Å². The Bertz CT molecular complexity index is 1330. The highest BCUT2D eigenvalue weighted by atomic mass is 19.4. The van der Waals surface area contributed by atoms with Gasteiger partial charge in [-0.1, -0.05) is 24.3 Å². The fraction of sp³-hybridized carbons (Fsp3) is 0.125. The van der Waals surface area contributed by atoms with Crippen LogP contribution in [0.4, 0.5) is 18.9 Å². The van der Waals surface area contributed by atoms with E-state index in [1.165, 1.54) is 6.07 Å². The summed E-state index contributed by atoms with van der Waals surface area (Å²) in [5, 5.41) is 6.70. The van der Waals surface area contributed by atoms with Gasteiger partial charge < -0.3 is 14.6 Å². The average molecular weight is 437 g/mol. The molecule has 0 aliphatic carbocycles. The van der Waals surface area contributed by atoms with Crippen molar-refractivity contribution in [2.45, 2.75) is 12.7 Å². The summed E-state index contributed by atoms with van der Waals surface area (Å²) in [6, 6.07) is 19.2. The van der Waals surface area contributed by atoms with Gasteiger partial charge in [0.25, 0.3) is 5.91 Å². The second-order valence-electron chi connectivity index (χ2n) is 7.46. The third-order valence-corrected chi connectivity index (χ3v) is 5.34. The first kappa shape index (κ1) is 20.1. The van der Waals surface area contributed by atoms with Crippen molar-refractivity contribution in [1.29, 1.82) is 0 Å². The molecule has 1 aromatic heterocycles. The van der Waals surface area contributed by atoms with Crippen molar-refractivity contribution in [2.24, 2.45) is 0 Å². The minimum Gasteiger partial charge on any atom is -0.478 e. The van der Waals surface area contributed by atoms with Crippen molar-refractivity contribution in [3.8, 4) is 11.4 Å². The summed E-state index contributed by atoms with van der Waals surface area (Å²) in [7, 11) is 0. The maximum absolute atomic E-state index is 13.3. The molecule has 0 spiro atoms. The smallest absolute Gasteiger partial charge is 0.416 e. The predicted molar refractivity (Wildman–Crippen MR) is 115 cm³/mol. The van der Waals surface area contributed by atoms with Crippen LogP contribution in [0, 0.1) is 0 Å². The van der Waals surface area contributed by atoms with Gasteiger partial charge in [-0.25, -0.2) is 0 Å². The molecule has 2 heterocycles. The van der Waals surface area contributed by atoms with Gasteiger partial charge in [-0.2, -0.15) is 13.2 Å². The highest BCUT2D eigenvalue weighted by Crippen LogP contribution is 2.32. The molecule has 0 radical (unpaired) electrons. The van der Waals surface area contributed by atoms with Gasteiger partial charge in [0.15, 0.2) is 0 Å². The molecule has 0 unspecified atom stereocenters. The van der Waals surface area contributed by atoms with E-state index in [9.17, 15) is 18.0 Å². The van der Waals surface area contributed by atoms with Crippen LogP contribution in [0.15, 0.2) is 72.8 Å². The third-order valence-electron chi connectivity index (χ3n) is 5.34. The van der Waals surface area contributed by atoms with E-state index in [1.54, 1.807) is 41.0 Å². The first-order valence-corrected chi connectivity index (χ1v) is 9.96. The zero-order valence-electron chi connectivity index (χ0n) is 16.7. The van der Waals surface area contributed by atoms with Gasteiger partial charge in [0.2, 0.25) is 0 Å². The van der Waals surface area contributed by atoms with E-state index in [-0.39, 0.29) is 11.4 Å². The Morgan fingerprint density at radius 3 is 2.69 bits per heavy atom. The van der Waals surface area contributed by atoms with Crippen LogP contribution < -0.4 is 15.4 Å². The Balaban J connectivity index is 1.57. The number of para-hydroxylation sites is 1. The number of ether oxygens (including phenoxy) is 1. The van der Waals surface area contributed by atoms with Gasteiger partial charge in [0, 0.05) is 28.9 Å². The van der Waals surface area contributed by atoms with E-state index in [0.29, 0.717) is 24.5 Å². The van der Waals surface area contributed by atoms with Crippen LogP contribution in [0.5, 0.6) is 5.75 Å². The second-order valence-corrected chi connectivity index (χ2v) is 7.46. The molecule has 0 saturated heterocycles. The molecule has 1 amide bonds.